The van der Waals surface area contributed by atoms with Crippen molar-refractivity contribution in [2.24, 2.45) is 0 Å². The largest absolute Gasteiger partial charge is 0.438 e. The third-order valence-electron chi connectivity index (χ3n) is 2.23. The van der Waals surface area contributed by atoms with Gasteiger partial charge in [-0.3, -0.25) is 0 Å². The van der Waals surface area contributed by atoms with Crippen LogP contribution in [0, 0.1) is 6.92 Å². The van der Waals surface area contributed by atoms with Crippen LogP contribution >= 0.6 is 15.9 Å². The standard InChI is InChI=1S/C12H12BrN3O/c1-7-2-4-10(8(13)6-7)17-11-5-3-9(14)12(15)16-11/h2-6H,14H2,1H3,(H2,15,16). The van der Waals surface area contributed by atoms with Gasteiger partial charge in [0.25, 0.3) is 0 Å². The van der Waals surface area contributed by atoms with E-state index in [9.17, 15) is 0 Å². The summed E-state index contributed by atoms with van der Waals surface area (Å²) >= 11 is 3.43. The van der Waals surface area contributed by atoms with Crippen LogP contribution in [0.25, 0.3) is 0 Å². The minimum Gasteiger partial charge on any atom is -0.438 e. The molecule has 0 saturated heterocycles. The summed E-state index contributed by atoms with van der Waals surface area (Å²) in [4.78, 5) is 4.04. The summed E-state index contributed by atoms with van der Waals surface area (Å²) < 4.78 is 6.48. The van der Waals surface area contributed by atoms with Gasteiger partial charge in [-0.15, -0.1) is 0 Å². The smallest absolute Gasteiger partial charge is 0.221 e. The predicted molar refractivity (Wildman–Crippen MR) is 72.0 cm³/mol. The molecule has 1 aromatic carbocycles. The highest BCUT2D eigenvalue weighted by Crippen LogP contribution is 2.30. The topological polar surface area (TPSA) is 74.2 Å². The van der Waals surface area contributed by atoms with Crippen LogP contribution in [-0.2, 0) is 0 Å². The minimum absolute atomic E-state index is 0.269. The lowest BCUT2D eigenvalue weighted by atomic mass is 10.2. The van der Waals surface area contributed by atoms with E-state index in [1.165, 1.54) is 0 Å². The average Bonchev–Trinajstić information content (AvgIpc) is 2.27. The Morgan fingerprint density at radius 1 is 1.18 bits per heavy atom. The third kappa shape index (κ3) is 2.68. The fourth-order valence-corrected chi connectivity index (χ4v) is 1.90. The monoisotopic (exact) mass is 293 g/mol. The number of nitrogen functional groups attached to an aromatic ring is 2. The number of aromatic nitrogens is 1. The van der Waals surface area contributed by atoms with Crippen molar-refractivity contribution in [1.82, 2.24) is 4.98 Å². The first kappa shape index (κ1) is 11.7. The molecule has 1 aromatic heterocycles. The van der Waals surface area contributed by atoms with Crippen molar-refractivity contribution in [2.75, 3.05) is 11.5 Å². The summed E-state index contributed by atoms with van der Waals surface area (Å²) in [7, 11) is 0. The lowest BCUT2D eigenvalue weighted by molar-refractivity contribution is 0.461. The number of anilines is 2. The van der Waals surface area contributed by atoms with E-state index in [2.05, 4.69) is 20.9 Å². The number of pyridine rings is 1. The fourth-order valence-electron chi connectivity index (χ4n) is 1.33. The molecule has 5 heteroatoms. The van der Waals surface area contributed by atoms with Crippen LogP contribution in [0.15, 0.2) is 34.8 Å². The molecule has 0 amide bonds. The molecule has 4 N–H and O–H groups in total. The Hall–Kier alpha value is -1.75. The highest BCUT2D eigenvalue weighted by atomic mass is 79.9. The molecule has 2 aromatic rings. The molecule has 0 bridgehead atoms. The van der Waals surface area contributed by atoms with Crippen LogP contribution < -0.4 is 16.2 Å². The molecule has 2 rings (SSSR count). The third-order valence-corrected chi connectivity index (χ3v) is 2.85. The summed E-state index contributed by atoms with van der Waals surface area (Å²) in [5.41, 5.74) is 12.8. The van der Waals surface area contributed by atoms with Crippen LogP contribution in [-0.4, -0.2) is 4.98 Å². The van der Waals surface area contributed by atoms with Gasteiger partial charge in [-0.2, -0.15) is 4.98 Å². The van der Waals surface area contributed by atoms with Gasteiger partial charge in [0.1, 0.15) is 5.75 Å². The van der Waals surface area contributed by atoms with Crippen molar-refractivity contribution in [1.29, 1.82) is 0 Å². The van der Waals surface area contributed by atoms with Crippen molar-refractivity contribution < 1.29 is 4.74 Å². The molecule has 0 atom stereocenters. The molecule has 17 heavy (non-hydrogen) atoms. The van der Waals surface area contributed by atoms with Crippen LogP contribution in [0.3, 0.4) is 0 Å². The van der Waals surface area contributed by atoms with Gasteiger partial charge in [-0.1, -0.05) is 6.07 Å². The van der Waals surface area contributed by atoms with Crippen LogP contribution in [0.5, 0.6) is 11.6 Å². The number of rotatable bonds is 2. The van der Waals surface area contributed by atoms with Crippen LogP contribution in [0.1, 0.15) is 5.56 Å². The molecule has 1 heterocycles. The molecule has 0 radical (unpaired) electrons. The Kier molecular flexibility index (Phi) is 3.19. The highest BCUT2D eigenvalue weighted by molar-refractivity contribution is 9.10. The first-order valence-corrected chi connectivity index (χ1v) is 5.81. The summed E-state index contributed by atoms with van der Waals surface area (Å²) in [6.07, 6.45) is 0. The van der Waals surface area contributed by atoms with E-state index in [0.717, 1.165) is 10.0 Å². The van der Waals surface area contributed by atoms with Crippen LogP contribution in [0.2, 0.25) is 0 Å². The lowest BCUT2D eigenvalue weighted by Gasteiger charge is -2.08. The van der Waals surface area contributed by atoms with Gasteiger partial charge in [-0.05, 0) is 46.6 Å². The zero-order valence-electron chi connectivity index (χ0n) is 9.27. The van der Waals surface area contributed by atoms with Crippen molar-refractivity contribution in [3.63, 3.8) is 0 Å². The molecule has 88 valence electrons. The van der Waals surface area contributed by atoms with Gasteiger partial charge in [0.15, 0.2) is 5.82 Å². The zero-order valence-corrected chi connectivity index (χ0v) is 10.9. The van der Waals surface area contributed by atoms with E-state index in [1.54, 1.807) is 12.1 Å². The molecular formula is C12H12BrN3O. The molecule has 4 nitrogen and oxygen atoms in total. The summed E-state index contributed by atoms with van der Waals surface area (Å²) in [5.74, 6) is 1.37. The summed E-state index contributed by atoms with van der Waals surface area (Å²) in [5, 5.41) is 0. The number of aryl methyl sites for hydroxylation is 1. The predicted octanol–water partition coefficient (Wildman–Crippen LogP) is 3.11. The second-order valence-corrected chi connectivity index (χ2v) is 4.51. The first-order chi connectivity index (χ1) is 8.06. The summed E-state index contributed by atoms with van der Waals surface area (Å²) in [6, 6.07) is 9.14. The van der Waals surface area contributed by atoms with Gasteiger partial charge in [0.05, 0.1) is 10.2 Å². The number of halogens is 1. The first-order valence-electron chi connectivity index (χ1n) is 5.02. The molecule has 0 spiro atoms. The van der Waals surface area contributed by atoms with E-state index in [0.29, 0.717) is 17.3 Å². The van der Waals surface area contributed by atoms with E-state index in [4.69, 9.17) is 16.2 Å². The number of benzene rings is 1. The average molecular weight is 294 g/mol. The maximum atomic E-state index is 5.61. The molecule has 0 aliphatic carbocycles. The Balaban J connectivity index is 2.28. The second-order valence-electron chi connectivity index (χ2n) is 3.66. The zero-order chi connectivity index (χ0) is 12.4. The molecule has 0 unspecified atom stereocenters. The van der Waals surface area contributed by atoms with Crippen molar-refractivity contribution in [3.8, 4) is 11.6 Å². The number of hydrogen-bond donors (Lipinski definition) is 2. The maximum Gasteiger partial charge on any atom is 0.221 e. The van der Waals surface area contributed by atoms with Gasteiger partial charge in [0, 0.05) is 6.07 Å². The Morgan fingerprint density at radius 2 is 1.94 bits per heavy atom. The minimum atomic E-state index is 0.269. The van der Waals surface area contributed by atoms with E-state index in [1.807, 2.05) is 25.1 Å². The molecule has 0 saturated carbocycles. The van der Waals surface area contributed by atoms with Gasteiger partial charge in [-0.25, -0.2) is 0 Å². The maximum absolute atomic E-state index is 5.61. The quantitative estimate of drug-likeness (QED) is 0.892. The van der Waals surface area contributed by atoms with Crippen molar-refractivity contribution in [3.05, 3.63) is 40.4 Å². The summed E-state index contributed by atoms with van der Waals surface area (Å²) in [6.45, 7) is 2.01. The number of nitrogens with zero attached hydrogens (tertiary/aromatic N) is 1. The lowest BCUT2D eigenvalue weighted by Crippen LogP contribution is -1.99. The van der Waals surface area contributed by atoms with Crippen molar-refractivity contribution >= 4 is 27.4 Å². The number of nitrogens with two attached hydrogens (primary N) is 2. The Morgan fingerprint density at radius 3 is 2.59 bits per heavy atom. The van der Waals surface area contributed by atoms with Gasteiger partial charge < -0.3 is 16.2 Å². The number of hydrogen-bond acceptors (Lipinski definition) is 4. The van der Waals surface area contributed by atoms with E-state index in [-0.39, 0.29) is 5.82 Å². The second kappa shape index (κ2) is 4.63. The SMILES string of the molecule is Cc1ccc(Oc2ccc(N)c(N)n2)c(Br)c1. The molecular weight excluding hydrogens is 282 g/mol. The van der Waals surface area contributed by atoms with Gasteiger partial charge in [0.2, 0.25) is 5.88 Å². The number of ether oxygens (including phenoxy) is 1. The molecule has 0 aliphatic heterocycles. The normalized spacial score (nSPS) is 10.2. The van der Waals surface area contributed by atoms with Gasteiger partial charge >= 0.3 is 0 Å². The van der Waals surface area contributed by atoms with Crippen LogP contribution in [0.4, 0.5) is 11.5 Å². The van der Waals surface area contributed by atoms with E-state index < -0.39 is 0 Å². The molecule has 0 fully saturated rings. The Labute approximate surface area is 108 Å². The van der Waals surface area contributed by atoms with Crippen molar-refractivity contribution in [2.45, 2.75) is 6.92 Å². The highest BCUT2D eigenvalue weighted by Gasteiger charge is 2.05. The fraction of sp³-hybridized carbons (Fsp3) is 0.0833. The Bertz CT molecular complexity index is 557. The molecule has 0 aliphatic rings. The van der Waals surface area contributed by atoms with E-state index >= 15 is 0 Å².